The molecule has 0 atom stereocenters. The quantitative estimate of drug-likeness (QED) is 0.712. The van der Waals surface area contributed by atoms with Crippen LogP contribution in [-0.4, -0.2) is 24.1 Å². The van der Waals surface area contributed by atoms with Crippen LogP contribution in [0.4, 0.5) is 4.39 Å². The minimum atomic E-state index is -0.511. The first-order valence-electron chi connectivity index (χ1n) is 9.26. The van der Waals surface area contributed by atoms with E-state index in [1.807, 2.05) is 18.2 Å². The molecule has 1 aliphatic rings. The maximum atomic E-state index is 13.1. The van der Waals surface area contributed by atoms with Crippen molar-refractivity contribution < 1.29 is 18.7 Å². The van der Waals surface area contributed by atoms with Gasteiger partial charge in [-0.05, 0) is 59.7 Å². The van der Waals surface area contributed by atoms with Crippen molar-refractivity contribution in [3.63, 3.8) is 0 Å². The van der Waals surface area contributed by atoms with Crippen LogP contribution in [0.25, 0.3) is 11.3 Å². The van der Waals surface area contributed by atoms with E-state index in [0.717, 1.165) is 12.0 Å². The summed E-state index contributed by atoms with van der Waals surface area (Å²) in [4.78, 5) is 27.4. The second kappa shape index (κ2) is 8.18. The molecule has 148 valence electrons. The number of benzene rings is 2. The van der Waals surface area contributed by atoms with E-state index in [-0.39, 0.29) is 17.9 Å². The van der Waals surface area contributed by atoms with Crippen LogP contribution in [0, 0.1) is 5.82 Å². The van der Waals surface area contributed by atoms with E-state index >= 15 is 0 Å². The number of aromatic nitrogens is 1. The first-order chi connectivity index (χ1) is 14.1. The number of amides is 1. The van der Waals surface area contributed by atoms with Crippen LogP contribution in [0.1, 0.15) is 22.3 Å². The maximum Gasteiger partial charge on any atom is 0.261 e. The van der Waals surface area contributed by atoms with Gasteiger partial charge in [-0.3, -0.25) is 9.59 Å². The molecule has 2 heterocycles. The molecule has 0 fully saturated rings. The Hall–Kier alpha value is -3.61. The van der Waals surface area contributed by atoms with Gasteiger partial charge >= 0.3 is 0 Å². The highest BCUT2D eigenvalue weighted by molar-refractivity contribution is 5.94. The number of rotatable bonds is 4. The summed E-state index contributed by atoms with van der Waals surface area (Å²) in [6.07, 6.45) is 0.817. The van der Waals surface area contributed by atoms with Crippen LogP contribution >= 0.6 is 0 Å². The first kappa shape index (κ1) is 18.7. The summed E-state index contributed by atoms with van der Waals surface area (Å²) >= 11 is 0. The molecule has 0 aliphatic carbocycles. The Morgan fingerprint density at radius 2 is 1.76 bits per heavy atom. The number of nitrogens with one attached hydrogen (secondary N) is 2. The van der Waals surface area contributed by atoms with Crippen molar-refractivity contribution in [2.24, 2.45) is 0 Å². The lowest BCUT2D eigenvalue weighted by Gasteiger charge is -2.10. The lowest BCUT2D eigenvalue weighted by Crippen LogP contribution is -2.29. The molecule has 2 aromatic carbocycles. The summed E-state index contributed by atoms with van der Waals surface area (Å²) < 4.78 is 24.3. The summed E-state index contributed by atoms with van der Waals surface area (Å²) in [6, 6.07) is 14.3. The van der Waals surface area contributed by atoms with E-state index in [2.05, 4.69) is 10.3 Å². The third-order valence-corrected chi connectivity index (χ3v) is 4.57. The standard InChI is InChI=1S/C22H19FN2O4/c23-16-5-3-15(4-6-16)18-8-7-17(22(27)25-18)21(26)24-13-14-2-9-19-20(12-14)29-11-1-10-28-19/h2-9,12H,1,10-11,13H2,(H,24,26)(H,25,27). The van der Waals surface area contributed by atoms with Gasteiger partial charge in [-0.25, -0.2) is 4.39 Å². The average Bonchev–Trinajstić information content (AvgIpc) is 2.97. The zero-order valence-electron chi connectivity index (χ0n) is 15.5. The molecule has 0 unspecified atom stereocenters. The van der Waals surface area contributed by atoms with Crippen LogP contribution in [-0.2, 0) is 6.54 Å². The number of pyridine rings is 1. The van der Waals surface area contributed by atoms with Gasteiger partial charge in [-0.2, -0.15) is 0 Å². The van der Waals surface area contributed by atoms with Gasteiger partial charge < -0.3 is 19.8 Å². The van der Waals surface area contributed by atoms with Crippen LogP contribution in [0.3, 0.4) is 0 Å². The zero-order valence-corrected chi connectivity index (χ0v) is 15.5. The number of fused-ring (bicyclic) bond motifs is 1. The Morgan fingerprint density at radius 1 is 1.00 bits per heavy atom. The average molecular weight is 394 g/mol. The number of H-pyrrole nitrogens is 1. The van der Waals surface area contributed by atoms with Crippen molar-refractivity contribution in [2.75, 3.05) is 13.2 Å². The second-order valence-corrected chi connectivity index (χ2v) is 6.64. The van der Waals surface area contributed by atoms with Gasteiger partial charge in [0.2, 0.25) is 0 Å². The fourth-order valence-corrected chi connectivity index (χ4v) is 3.05. The minimum absolute atomic E-state index is 0.00482. The molecule has 0 spiro atoms. The number of carbonyl (C=O) groups is 1. The van der Waals surface area contributed by atoms with Gasteiger partial charge in [-0.15, -0.1) is 0 Å². The van der Waals surface area contributed by atoms with Crippen molar-refractivity contribution >= 4 is 5.91 Å². The monoisotopic (exact) mass is 394 g/mol. The molecule has 6 nitrogen and oxygen atoms in total. The van der Waals surface area contributed by atoms with E-state index in [9.17, 15) is 14.0 Å². The highest BCUT2D eigenvalue weighted by atomic mass is 19.1. The number of hydrogen-bond donors (Lipinski definition) is 2. The molecule has 1 aliphatic heterocycles. The van der Waals surface area contributed by atoms with E-state index in [1.165, 1.54) is 18.2 Å². The molecule has 0 saturated heterocycles. The lowest BCUT2D eigenvalue weighted by molar-refractivity contribution is 0.0949. The second-order valence-electron chi connectivity index (χ2n) is 6.64. The summed E-state index contributed by atoms with van der Waals surface area (Å²) in [5, 5.41) is 2.74. The number of carbonyl (C=O) groups excluding carboxylic acids is 1. The topological polar surface area (TPSA) is 80.4 Å². The maximum absolute atomic E-state index is 13.1. The Balaban J connectivity index is 1.45. The fraction of sp³-hybridized carbons (Fsp3) is 0.182. The van der Waals surface area contributed by atoms with Gasteiger partial charge in [0.15, 0.2) is 11.5 Å². The molecule has 4 rings (SSSR count). The zero-order chi connectivity index (χ0) is 20.2. The SMILES string of the molecule is O=C(NCc1ccc2c(c1)OCCCO2)c1ccc(-c2ccc(F)cc2)[nH]c1=O. The van der Waals surface area contributed by atoms with Crippen LogP contribution < -0.4 is 20.3 Å². The molecule has 0 saturated carbocycles. The number of hydrogen-bond acceptors (Lipinski definition) is 4. The summed E-state index contributed by atoms with van der Waals surface area (Å²) in [5.74, 6) is 0.493. The summed E-state index contributed by atoms with van der Waals surface area (Å²) in [6.45, 7) is 1.44. The van der Waals surface area contributed by atoms with Crippen molar-refractivity contribution in [2.45, 2.75) is 13.0 Å². The Labute approximate surface area is 166 Å². The van der Waals surface area contributed by atoms with E-state index in [1.54, 1.807) is 18.2 Å². The van der Waals surface area contributed by atoms with Crippen molar-refractivity contribution in [1.82, 2.24) is 10.3 Å². The Kier molecular flexibility index (Phi) is 5.29. The van der Waals surface area contributed by atoms with Crippen LogP contribution in [0.2, 0.25) is 0 Å². The van der Waals surface area contributed by atoms with Crippen molar-refractivity contribution in [3.05, 3.63) is 81.9 Å². The predicted octanol–water partition coefficient (Wildman–Crippen LogP) is 3.27. The van der Waals surface area contributed by atoms with Crippen LogP contribution in [0.15, 0.2) is 59.4 Å². The third kappa shape index (κ3) is 4.29. The molecule has 7 heteroatoms. The predicted molar refractivity (Wildman–Crippen MR) is 106 cm³/mol. The van der Waals surface area contributed by atoms with E-state index in [4.69, 9.17) is 9.47 Å². The highest BCUT2D eigenvalue weighted by Crippen LogP contribution is 2.30. The van der Waals surface area contributed by atoms with Crippen molar-refractivity contribution in [3.8, 4) is 22.8 Å². The normalized spacial score (nSPS) is 12.9. The van der Waals surface area contributed by atoms with Gasteiger partial charge in [0.25, 0.3) is 11.5 Å². The van der Waals surface area contributed by atoms with Gasteiger partial charge in [-0.1, -0.05) is 6.07 Å². The molecular weight excluding hydrogens is 375 g/mol. The molecule has 0 radical (unpaired) electrons. The third-order valence-electron chi connectivity index (χ3n) is 4.57. The molecule has 3 aromatic rings. The largest absolute Gasteiger partial charge is 0.490 e. The number of aromatic amines is 1. The summed E-state index contributed by atoms with van der Waals surface area (Å²) in [5.41, 5.74) is 1.49. The molecule has 0 bridgehead atoms. The smallest absolute Gasteiger partial charge is 0.261 e. The molecule has 1 aromatic heterocycles. The highest BCUT2D eigenvalue weighted by Gasteiger charge is 2.14. The molecule has 29 heavy (non-hydrogen) atoms. The lowest BCUT2D eigenvalue weighted by atomic mass is 10.1. The number of halogens is 1. The molecular formula is C22H19FN2O4. The van der Waals surface area contributed by atoms with Crippen molar-refractivity contribution in [1.29, 1.82) is 0 Å². The number of ether oxygens (including phenoxy) is 2. The van der Waals surface area contributed by atoms with E-state index in [0.29, 0.717) is 36.0 Å². The van der Waals surface area contributed by atoms with E-state index < -0.39 is 11.5 Å². The summed E-state index contributed by atoms with van der Waals surface area (Å²) in [7, 11) is 0. The fourth-order valence-electron chi connectivity index (χ4n) is 3.05. The van der Waals surface area contributed by atoms with Gasteiger partial charge in [0.05, 0.1) is 13.2 Å². The van der Waals surface area contributed by atoms with Gasteiger partial charge in [0, 0.05) is 18.7 Å². The Morgan fingerprint density at radius 3 is 2.52 bits per heavy atom. The van der Waals surface area contributed by atoms with Crippen LogP contribution in [0.5, 0.6) is 11.5 Å². The first-order valence-corrected chi connectivity index (χ1v) is 9.26. The Bertz CT molecular complexity index is 1090. The molecule has 2 N–H and O–H groups in total. The minimum Gasteiger partial charge on any atom is -0.490 e. The van der Waals surface area contributed by atoms with Gasteiger partial charge in [0.1, 0.15) is 11.4 Å². The molecule has 1 amide bonds.